The fourth-order valence-electron chi connectivity index (χ4n) is 1.53. The molecule has 2 rings (SSSR count). The van der Waals surface area contributed by atoms with Crippen LogP contribution >= 0.6 is 0 Å². The van der Waals surface area contributed by atoms with Gasteiger partial charge in [0.15, 0.2) is 6.29 Å². The standard InChI is InChI=1S/C12H11FN2O/c1-9-2-3-11(13)4-10(9)5-15-6-12(7-16)14-8-15/h2-4,6-8H,5H2,1H3. The average Bonchev–Trinajstić information content (AvgIpc) is 2.71. The molecule has 0 aliphatic carbocycles. The maximum absolute atomic E-state index is 13.0. The summed E-state index contributed by atoms with van der Waals surface area (Å²) in [5, 5.41) is 0. The van der Waals surface area contributed by atoms with E-state index in [2.05, 4.69) is 4.98 Å². The van der Waals surface area contributed by atoms with Crippen molar-refractivity contribution in [1.82, 2.24) is 9.55 Å². The van der Waals surface area contributed by atoms with Gasteiger partial charge in [0.2, 0.25) is 0 Å². The highest BCUT2D eigenvalue weighted by atomic mass is 19.1. The third kappa shape index (κ3) is 2.16. The van der Waals surface area contributed by atoms with E-state index >= 15 is 0 Å². The lowest BCUT2D eigenvalue weighted by molar-refractivity contribution is 0.111. The topological polar surface area (TPSA) is 34.9 Å². The molecule has 82 valence electrons. The molecule has 0 saturated heterocycles. The van der Waals surface area contributed by atoms with Gasteiger partial charge in [-0.2, -0.15) is 0 Å². The monoisotopic (exact) mass is 218 g/mol. The molecule has 0 unspecified atom stereocenters. The largest absolute Gasteiger partial charge is 0.332 e. The Morgan fingerprint density at radius 3 is 3.00 bits per heavy atom. The molecule has 4 heteroatoms. The van der Waals surface area contributed by atoms with E-state index in [4.69, 9.17) is 0 Å². The summed E-state index contributed by atoms with van der Waals surface area (Å²) in [6.45, 7) is 2.44. The lowest BCUT2D eigenvalue weighted by Gasteiger charge is -2.06. The molecule has 16 heavy (non-hydrogen) atoms. The van der Waals surface area contributed by atoms with Gasteiger partial charge in [-0.3, -0.25) is 4.79 Å². The van der Waals surface area contributed by atoms with Gasteiger partial charge in [-0.1, -0.05) is 6.07 Å². The third-order valence-electron chi connectivity index (χ3n) is 2.44. The Bertz CT molecular complexity index is 519. The van der Waals surface area contributed by atoms with Crippen LogP contribution in [-0.4, -0.2) is 15.8 Å². The van der Waals surface area contributed by atoms with E-state index in [-0.39, 0.29) is 5.82 Å². The highest BCUT2D eigenvalue weighted by Crippen LogP contribution is 2.12. The Hall–Kier alpha value is -1.97. The van der Waals surface area contributed by atoms with Crippen LogP contribution in [0.5, 0.6) is 0 Å². The van der Waals surface area contributed by atoms with Gasteiger partial charge in [0.05, 0.1) is 6.33 Å². The number of hydrogen-bond acceptors (Lipinski definition) is 2. The molecule has 1 aromatic carbocycles. The lowest BCUT2D eigenvalue weighted by atomic mass is 10.1. The molecule has 0 aliphatic rings. The fraction of sp³-hybridized carbons (Fsp3) is 0.167. The summed E-state index contributed by atoms with van der Waals surface area (Å²) >= 11 is 0. The number of carbonyl (C=O) groups excluding carboxylic acids is 1. The van der Waals surface area contributed by atoms with Crippen LogP contribution in [-0.2, 0) is 6.54 Å². The molecule has 0 radical (unpaired) electrons. The molecule has 0 bridgehead atoms. The van der Waals surface area contributed by atoms with E-state index in [9.17, 15) is 9.18 Å². The predicted molar refractivity (Wildman–Crippen MR) is 57.9 cm³/mol. The first-order valence-electron chi connectivity index (χ1n) is 4.91. The quantitative estimate of drug-likeness (QED) is 0.740. The second kappa shape index (κ2) is 4.26. The SMILES string of the molecule is Cc1ccc(F)cc1Cn1cnc(C=O)c1. The van der Waals surface area contributed by atoms with Crippen LogP contribution in [0.15, 0.2) is 30.7 Å². The Morgan fingerprint density at radius 2 is 2.31 bits per heavy atom. The van der Waals surface area contributed by atoms with Gasteiger partial charge in [0.1, 0.15) is 11.5 Å². The third-order valence-corrected chi connectivity index (χ3v) is 2.44. The number of halogens is 1. The minimum atomic E-state index is -0.253. The Balaban J connectivity index is 2.26. The smallest absolute Gasteiger partial charge is 0.169 e. The zero-order valence-electron chi connectivity index (χ0n) is 8.85. The number of aryl methyl sites for hydroxylation is 1. The molecular formula is C12H11FN2O. The average molecular weight is 218 g/mol. The van der Waals surface area contributed by atoms with Crippen molar-refractivity contribution in [3.05, 3.63) is 53.4 Å². The second-order valence-corrected chi connectivity index (χ2v) is 3.66. The van der Waals surface area contributed by atoms with Crippen molar-refractivity contribution >= 4 is 6.29 Å². The number of nitrogens with zero attached hydrogens (tertiary/aromatic N) is 2. The Kier molecular flexibility index (Phi) is 2.81. The summed E-state index contributed by atoms with van der Waals surface area (Å²) in [7, 11) is 0. The van der Waals surface area contributed by atoms with Crippen molar-refractivity contribution in [3.8, 4) is 0 Å². The van der Waals surface area contributed by atoms with E-state index in [1.165, 1.54) is 12.1 Å². The molecule has 0 saturated carbocycles. The van der Waals surface area contributed by atoms with Crippen LogP contribution in [0.3, 0.4) is 0 Å². The van der Waals surface area contributed by atoms with Gasteiger partial charge in [0.25, 0.3) is 0 Å². The van der Waals surface area contributed by atoms with E-state index in [0.717, 1.165) is 11.1 Å². The number of rotatable bonds is 3. The number of aromatic nitrogens is 2. The van der Waals surface area contributed by atoms with Crippen molar-refractivity contribution < 1.29 is 9.18 Å². The molecule has 0 amide bonds. The van der Waals surface area contributed by atoms with Crippen LogP contribution in [0.1, 0.15) is 21.6 Å². The molecule has 1 aromatic heterocycles. The van der Waals surface area contributed by atoms with Crippen LogP contribution < -0.4 is 0 Å². The van der Waals surface area contributed by atoms with Crippen molar-refractivity contribution in [2.45, 2.75) is 13.5 Å². The van der Waals surface area contributed by atoms with Gasteiger partial charge >= 0.3 is 0 Å². The number of benzene rings is 1. The molecule has 0 fully saturated rings. The molecular weight excluding hydrogens is 207 g/mol. The number of hydrogen-bond donors (Lipinski definition) is 0. The highest BCUT2D eigenvalue weighted by Gasteiger charge is 2.02. The first-order chi connectivity index (χ1) is 7.69. The van der Waals surface area contributed by atoms with E-state index in [1.807, 2.05) is 6.92 Å². The molecule has 0 atom stereocenters. The number of carbonyl (C=O) groups is 1. The van der Waals surface area contributed by atoms with Gasteiger partial charge in [-0.05, 0) is 30.2 Å². The normalized spacial score (nSPS) is 10.4. The summed E-state index contributed by atoms with van der Waals surface area (Å²) in [5.41, 5.74) is 2.28. The maximum atomic E-state index is 13.0. The zero-order chi connectivity index (χ0) is 11.5. The van der Waals surface area contributed by atoms with E-state index < -0.39 is 0 Å². The van der Waals surface area contributed by atoms with Crippen molar-refractivity contribution in [2.24, 2.45) is 0 Å². The van der Waals surface area contributed by atoms with Crippen molar-refractivity contribution in [2.75, 3.05) is 0 Å². The molecule has 3 nitrogen and oxygen atoms in total. The molecule has 1 heterocycles. The highest BCUT2D eigenvalue weighted by molar-refractivity contribution is 5.70. The molecule has 0 N–H and O–H groups in total. The van der Waals surface area contributed by atoms with Gasteiger partial charge < -0.3 is 4.57 Å². The van der Waals surface area contributed by atoms with E-state index in [0.29, 0.717) is 18.5 Å². The predicted octanol–water partition coefficient (Wildman–Crippen LogP) is 2.19. The van der Waals surface area contributed by atoms with E-state index in [1.54, 1.807) is 23.2 Å². The first-order valence-corrected chi connectivity index (χ1v) is 4.91. The Morgan fingerprint density at radius 1 is 1.50 bits per heavy atom. The minimum absolute atomic E-state index is 0.253. The second-order valence-electron chi connectivity index (χ2n) is 3.66. The molecule has 2 aromatic rings. The molecule has 0 spiro atoms. The molecule has 0 aliphatic heterocycles. The van der Waals surface area contributed by atoms with Gasteiger partial charge in [-0.25, -0.2) is 9.37 Å². The summed E-state index contributed by atoms with van der Waals surface area (Å²) in [6.07, 6.45) is 3.89. The summed E-state index contributed by atoms with van der Waals surface area (Å²) in [6, 6.07) is 4.67. The van der Waals surface area contributed by atoms with Crippen LogP contribution in [0.25, 0.3) is 0 Å². The van der Waals surface area contributed by atoms with Crippen molar-refractivity contribution in [1.29, 1.82) is 0 Å². The van der Waals surface area contributed by atoms with Gasteiger partial charge in [-0.15, -0.1) is 0 Å². The summed E-state index contributed by atoms with van der Waals surface area (Å²) in [4.78, 5) is 14.3. The van der Waals surface area contributed by atoms with Crippen LogP contribution in [0.2, 0.25) is 0 Å². The van der Waals surface area contributed by atoms with Crippen LogP contribution in [0.4, 0.5) is 4.39 Å². The fourth-order valence-corrected chi connectivity index (χ4v) is 1.53. The van der Waals surface area contributed by atoms with Gasteiger partial charge in [0, 0.05) is 12.7 Å². The van der Waals surface area contributed by atoms with Crippen LogP contribution in [0, 0.1) is 12.7 Å². The number of imidazole rings is 1. The van der Waals surface area contributed by atoms with Crippen molar-refractivity contribution in [3.63, 3.8) is 0 Å². The first kappa shape index (κ1) is 10.5. The number of aldehydes is 1. The summed E-state index contributed by atoms with van der Waals surface area (Å²) in [5.74, 6) is -0.253. The Labute approximate surface area is 92.5 Å². The maximum Gasteiger partial charge on any atom is 0.169 e. The lowest BCUT2D eigenvalue weighted by Crippen LogP contribution is -1.99. The summed E-state index contributed by atoms with van der Waals surface area (Å²) < 4.78 is 14.8. The minimum Gasteiger partial charge on any atom is -0.332 e. The zero-order valence-corrected chi connectivity index (χ0v) is 8.85.